The highest BCUT2D eigenvalue weighted by Crippen LogP contribution is 2.36. The van der Waals surface area contributed by atoms with Crippen LogP contribution in [0.3, 0.4) is 0 Å². The summed E-state index contributed by atoms with van der Waals surface area (Å²) in [5.74, 6) is 1.69. The second kappa shape index (κ2) is 6.07. The molecule has 0 aliphatic heterocycles. The van der Waals surface area contributed by atoms with Crippen molar-refractivity contribution >= 4 is 0 Å². The highest BCUT2D eigenvalue weighted by molar-refractivity contribution is 4.83. The second-order valence-electron chi connectivity index (χ2n) is 5.73. The van der Waals surface area contributed by atoms with E-state index in [-0.39, 0.29) is 12.5 Å². The van der Waals surface area contributed by atoms with E-state index in [0.29, 0.717) is 17.8 Å². The SMILES string of the molecule is CNC(CCC(F)(F)F)C1CC(C)CC(C)C1. The maximum Gasteiger partial charge on any atom is 0.389 e. The quantitative estimate of drug-likeness (QED) is 0.796. The smallest absolute Gasteiger partial charge is 0.317 e. The molecule has 0 aromatic heterocycles. The zero-order chi connectivity index (χ0) is 13.1. The third-order valence-corrected chi connectivity index (χ3v) is 3.89. The fourth-order valence-electron chi connectivity index (χ4n) is 3.27. The van der Waals surface area contributed by atoms with Crippen LogP contribution in [0.1, 0.15) is 46.0 Å². The van der Waals surface area contributed by atoms with Gasteiger partial charge in [-0.15, -0.1) is 0 Å². The summed E-state index contributed by atoms with van der Waals surface area (Å²) < 4.78 is 36.7. The second-order valence-corrected chi connectivity index (χ2v) is 5.73. The molecule has 3 unspecified atom stereocenters. The van der Waals surface area contributed by atoms with Crippen LogP contribution in [0.5, 0.6) is 0 Å². The van der Waals surface area contributed by atoms with Crippen molar-refractivity contribution in [3.8, 4) is 0 Å². The molecule has 0 amide bonds. The van der Waals surface area contributed by atoms with Gasteiger partial charge in [0.25, 0.3) is 0 Å². The van der Waals surface area contributed by atoms with Gasteiger partial charge in [-0.05, 0) is 50.5 Å². The summed E-state index contributed by atoms with van der Waals surface area (Å²) in [6.45, 7) is 4.41. The fourth-order valence-corrected chi connectivity index (χ4v) is 3.27. The Balaban J connectivity index is 2.48. The van der Waals surface area contributed by atoms with Crippen LogP contribution in [0.4, 0.5) is 13.2 Å². The maximum atomic E-state index is 12.2. The number of rotatable bonds is 4. The van der Waals surface area contributed by atoms with E-state index in [0.717, 1.165) is 12.8 Å². The molecule has 1 N–H and O–H groups in total. The van der Waals surface area contributed by atoms with Gasteiger partial charge in [0.2, 0.25) is 0 Å². The van der Waals surface area contributed by atoms with Gasteiger partial charge in [0.05, 0.1) is 0 Å². The van der Waals surface area contributed by atoms with Crippen molar-refractivity contribution in [2.24, 2.45) is 17.8 Å². The van der Waals surface area contributed by atoms with E-state index in [2.05, 4.69) is 19.2 Å². The molecule has 0 bridgehead atoms. The lowest BCUT2D eigenvalue weighted by atomic mass is 9.73. The molecule has 0 aromatic carbocycles. The van der Waals surface area contributed by atoms with Crippen molar-refractivity contribution in [1.29, 1.82) is 0 Å². The maximum absolute atomic E-state index is 12.2. The van der Waals surface area contributed by atoms with E-state index in [1.54, 1.807) is 7.05 Å². The number of nitrogens with one attached hydrogen (secondary N) is 1. The topological polar surface area (TPSA) is 12.0 Å². The van der Waals surface area contributed by atoms with Crippen molar-refractivity contribution < 1.29 is 13.2 Å². The van der Waals surface area contributed by atoms with Crippen molar-refractivity contribution in [3.63, 3.8) is 0 Å². The van der Waals surface area contributed by atoms with Crippen LogP contribution in [-0.2, 0) is 0 Å². The van der Waals surface area contributed by atoms with Crippen molar-refractivity contribution in [2.75, 3.05) is 7.05 Å². The van der Waals surface area contributed by atoms with Crippen LogP contribution in [0.15, 0.2) is 0 Å². The van der Waals surface area contributed by atoms with E-state index in [4.69, 9.17) is 0 Å². The first kappa shape index (κ1) is 14.8. The van der Waals surface area contributed by atoms with Crippen LogP contribution in [0.2, 0.25) is 0 Å². The number of hydrogen-bond donors (Lipinski definition) is 1. The zero-order valence-corrected chi connectivity index (χ0v) is 11.0. The standard InChI is InChI=1S/C13H24F3N/c1-9-6-10(2)8-11(7-9)12(17-3)4-5-13(14,15)16/h9-12,17H,4-8H2,1-3H3. The molecule has 3 atom stereocenters. The fraction of sp³-hybridized carbons (Fsp3) is 1.00. The van der Waals surface area contributed by atoms with E-state index in [1.165, 1.54) is 6.42 Å². The van der Waals surface area contributed by atoms with Gasteiger partial charge in [-0.1, -0.05) is 13.8 Å². The van der Waals surface area contributed by atoms with Crippen LogP contribution >= 0.6 is 0 Å². The molecule has 1 saturated carbocycles. The summed E-state index contributed by atoms with van der Waals surface area (Å²) in [6, 6.07) is 0.0156. The molecule has 17 heavy (non-hydrogen) atoms. The third-order valence-electron chi connectivity index (χ3n) is 3.89. The lowest BCUT2D eigenvalue weighted by Crippen LogP contribution is -2.38. The Kier molecular flexibility index (Phi) is 5.29. The summed E-state index contributed by atoms with van der Waals surface area (Å²) in [4.78, 5) is 0. The molecule has 0 heterocycles. The molecular weight excluding hydrogens is 227 g/mol. The lowest BCUT2D eigenvalue weighted by molar-refractivity contribution is -0.137. The molecule has 1 fully saturated rings. The predicted octanol–water partition coefficient (Wildman–Crippen LogP) is 3.99. The molecule has 1 aliphatic rings. The van der Waals surface area contributed by atoms with Crippen molar-refractivity contribution in [1.82, 2.24) is 5.32 Å². The van der Waals surface area contributed by atoms with Crippen LogP contribution < -0.4 is 5.32 Å². The number of alkyl halides is 3. The van der Waals surface area contributed by atoms with E-state index < -0.39 is 12.6 Å². The van der Waals surface area contributed by atoms with Gasteiger partial charge in [-0.25, -0.2) is 0 Å². The summed E-state index contributed by atoms with van der Waals surface area (Å²) in [7, 11) is 1.78. The highest BCUT2D eigenvalue weighted by Gasteiger charge is 2.33. The Morgan fingerprint density at radius 3 is 2.06 bits per heavy atom. The molecule has 4 heteroatoms. The molecule has 0 saturated heterocycles. The largest absolute Gasteiger partial charge is 0.389 e. The molecule has 0 radical (unpaired) electrons. The van der Waals surface area contributed by atoms with Gasteiger partial charge >= 0.3 is 6.18 Å². The Morgan fingerprint density at radius 1 is 1.12 bits per heavy atom. The molecule has 0 aromatic rings. The van der Waals surface area contributed by atoms with Gasteiger partial charge in [-0.2, -0.15) is 13.2 Å². The van der Waals surface area contributed by atoms with Crippen LogP contribution in [-0.4, -0.2) is 19.3 Å². The van der Waals surface area contributed by atoms with Gasteiger partial charge in [0, 0.05) is 12.5 Å². The third kappa shape index (κ3) is 5.28. The normalized spacial score (nSPS) is 32.5. The van der Waals surface area contributed by atoms with Crippen LogP contribution in [0, 0.1) is 17.8 Å². The number of hydrogen-bond acceptors (Lipinski definition) is 1. The number of halogens is 3. The minimum atomic E-state index is -4.03. The Hall–Kier alpha value is -0.250. The monoisotopic (exact) mass is 251 g/mol. The first-order valence-corrected chi connectivity index (χ1v) is 6.55. The molecule has 1 rings (SSSR count). The average molecular weight is 251 g/mol. The van der Waals surface area contributed by atoms with E-state index >= 15 is 0 Å². The summed E-state index contributed by atoms with van der Waals surface area (Å²) in [5, 5.41) is 3.09. The lowest BCUT2D eigenvalue weighted by Gasteiger charge is -2.36. The molecule has 1 aliphatic carbocycles. The van der Waals surface area contributed by atoms with Crippen molar-refractivity contribution in [3.05, 3.63) is 0 Å². The minimum absolute atomic E-state index is 0.0156. The minimum Gasteiger partial charge on any atom is -0.317 e. The van der Waals surface area contributed by atoms with Gasteiger partial charge < -0.3 is 5.32 Å². The van der Waals surface area contributed by atoms with E-state index in [9.17, 15) is 13.2 Å². The van der Waals surface area contributed by atoms with Gasteiger partial charge in [-0.3, -0.25) is 0 Å². The molecule has 0 spiro atoms. The first-order valence-electron chi connectivity index (χ1n) is 6.55. The zero-order valence-electron chi connectivity index (χ0n) is 11.0. The molecular formula is C13H24F3N. The predicted molar refractivity (Wildman–Crippen MR) is 63.8 cm³/mol. The Labute approximate surface area is 102 Å². The Bertz CT molecular complexity index is 217. The first-order chi connectivity index (χ1) is 7.81. The molecule has 1 nitrogen and oxygen atoms in total. The highest BCUT2D eigenvalue weighted by atomic mass is 19.4. The van der Waals surface area contributed by atoms with Crippen molar-refractivity contribution in [2.45, 2.75) is 58.2 Å². The average Bonchev–Trinajstić information content (AvgIpc) is 2.15. The summed E-state index contributed by atoms with van der Waals surface area (Å²) in [6.07, 6.45) is -1.14. The van der Waals surface area contributed by atoms with E-state index in [1.807, 2.05) is 0 Å². The summed E-state index contributed by atoms with van der Waals surface area (Å²) >= 11 is 0. The Morgan fingerprint density at radius 2 is 1.65 bits per heavy atom. The van der Waals surface area contributed by atoms with Crippen LogP contribution in [0.25, 0.3) is 0 Å². The van der Waals surface area contributed by atoms with Gasteiger partial charge in [0.15, 0.2) is 0 Å². The van der Waals surface area contributed by atoms with Gasteiger partial charge in [0.1, 0.15) is 0 Å². The summed E-state index contributed by atoms with van der Waals surface area (Å²) in [5.41, 5.74) is 0. The molecule has 102 valence electrons.